The fraction of sp³-hybridized carbons (Fsp3) is 0.269. The van der Waals surface area contributed by atoms with E-state index in [-0.39, 0.29) is 12.4 Å². The van der Waals surface area contributed by atoms with Crippen LogP contribution in [0.1, 0.15) is 42.1 Å². The third-order valence-electron chi connectivity index (χ3n) is 5.70. The Morgan fingerprint density at radius 3 is 2.37 bits per heavy atom. The first kappa shape index (κ1) is 24.4. The lowest BCUT2D eigenvalue weighted by molar-refractivity contribution is -0.140. The van der Waals surface area contributed by atoms with Gasteiger partial charge in [-0.25, -0.2) is 15.0 Å². The van der Waals surface area contributed by atoms with Crippen LogP contribution in [0.15, 0.2) is 60.9 Å². The molecular formula is C26H26F3N5O. The number of nitrogens with zero attached hydrogens (tertiary/aromatic N) is 4. The van der Waals surface area contributed by atoms with Gasteiger partial charge in [0, 0.05) is 42.7 Å². The maximum absolute atomic E-state index is 13.0. The quantitative estimate of drug-likeness (QED) is 0.349. The number of benzene rings is 2. The third-order valence-corrected chi connectivity index (χ3v) is 5.70. The topological polar surface area (TPSA) is 75.9 Å². The normalized spacial score (nSPS) is 11.8. The predicted molar refractivity (Wildman–Crippen MR) is 128 cm³/mol. The Hall–Kier alpha value is -3.72. The molecule has 0 aliphatic heterocycles. The largest absolute Gasteiger partial charge is 0.434 e. The molecule has 2 N–H and O–H groups in total. The summed E-state index contributed by atoms with van der Waals surface area (Å²) in [5.74, 6) is 1.63. The van der Waals surface area contributed by atoms with Gasteiger partial charge in [0.1, 0.15) is 11.6 Å². The van der Waals surface area contributed by atoms with Gasteiger partial charge in [-0.3, -0.25) is 0 Å². The van der Waals surface area contributed by atoms with Crippen molar-refractivity contribution in [1.82, 2.24) is 19.5 Å². The first-order valence-corrected chi connectivity index (χ1v) is 11.2. The second-order valence-corrected chi connectivity index (χ2v) is 8.58. The Morgan fingerprint density at radius 1 is 1.03 bits per heavy atom. The van der Waals surface area contributed by atoms with E-state index in [1.807, 2.05) is 30.3 Å². The summed E-state index contributed by atoms with van der Waals surface area (Å²) in [6.07, 6.45) is -1.90. The highest BCUT2D eigenvalue weighted by atomic mass is 19.4. The zero-order chi connectivity index (χ0) is 25.2. The van der Waals surface area contributed by atoms with Crippen molar-refractivity contribution in [3.63, 3.8) is 0 Å². The van der Waals surface area contributed by atoms with Crippen LogP contribution < -0.4 is 5.32 Å². The number of aliphatic hydroxyl groups is 1. The standard InChI is InChI=1S/C26H26F3N5O/c1-16(2)20-6-4-5-7-21(20)24-31-13-19(15-35)23(33-24)30-12-17-8-10-18(11-9-17)25-32-22(14-34(25)3)26(27,28)29/h4-11,13-14,16,35H,12,15H2,1-3H3,(H,30,31,33). The minimum Gasteiger partial charge on any atom is -0.391 e. The van der Waals surface area contributed by atoms with Gasteiger partial charge in [0.2, 0.25) is 0 Å². The Bertz CT molecular complexity index is 1310. The van der Waals surface area contributed by atoms with Gasteiger partial charge in [-0.2, -0.15) is 13.2 Å². The monoisotopic (exact) mass is 481 g/mol. The molecule has 0 unspecified atom stereocenters. The molecule has 0 spiro atoms. The van der Waals surface area contributed by atoms with Crippen molar-refractivity contribution in [3.8, 4) is 22.8 Å². The molecular weight excluding hydrogens is 455 g/mol. The fourth-order valence-electron chi connectivity index (χ4n) is 3.84. The summed E-state index contributed by atoms with van der Waals surface area (Å²) in [5.41, 5.74) is 3.19. The Balaban J connectivity index is 1.54. The van der Waals surface area contributed by atoms with Crippen LogP contribution in [-0.4, -0.2) is 24.6 Å². The molecule has 2 aromatic carbocycles. The molecule has 2 aromatic heterocycles. The van der Waals surface area contributed by atoms with Crippen molar-refractivity contribution in [2.45, 2.75) is 39.1 Å². The fourth-order valence-corrected chi connectivity index (χ4v) is 3.84. The molecule has 0 amide bonds. The van der Waals surface area contributed by atoms with E-state index in [0.29, 0.717) is 35.2 Å². The molecule has 0 saturated heterocycles. The number of hydrogen-bond donors (Lipinski definition) is 2. The van der Waals surface area contributed by atoms with Crippen molar-refractivity contribution in [3.05, 3.63) is 83.3 Å². The number of imidazole rings is 1. The van der Waals surface area contributed by atoms with Gasteiger partial charge in [0.15, 0.2) is 11.5 Å². The highest BCUT2D eigenvalue weighted by Gasteiger charge is 2.34. The van der Waals surface area contributed by atoms with Crippen molar-refractivity contribution in [2.75, 3.05) is 5.32 Å². The van der Waals surface area contributed by atoms with Crippen molar-refractivity contribution < 1.29 is 18.3 Å². The van der Waals surface area contributed by atoms with Gasteiger partial charge in [0.05, 0.1) is 6.61 Å². The van der Waals surface area contributed by atoms with Crippen LogP contribution in [0, 0.1) is 0 Å². The smallest absolute Gasteiger partial charge is 0.391 e. The van der Waals surface area contributed by atoms with E-state index in [9.17, 15) is 18.3 Å². The Kier molecular flexibility index (Phi) is 6.88. The van der Waals surface area contributed by atoms with E-state index < -0.39 is 11.9 Å². The maximum atomic E-state index is 13.0. The zero-order valence-electron chi connectivity index (χ0n) is 19.6. The number of hydrogen-bond acceptors (Lipinski definition) is 5. The Morgan fingerprint density at radius 2 is 1.74 bits per heavy atom. The number of aromatic nitrogens is 4. The molecule has 35 heavy (non-hydrogen) atoms. The lowest BCUT2D eigenvalue weighted by atomic mass is 9.97. The first-order valence-electron chi connectivity index (χ1n) is 11.2. The van der Waals surface area contributed by atoms with Crippen molar-refractivity contribution in [1.29, 1.82) is 0 Å². The lowest BCUT2D eigenvalue weighted by Gasteiger charge is -2.14. The van der Waals surface area contributed by atoms with Crippen molar-refractivity contribution >= 4 is 5.82 Å². The van der Waals surface area contributed by atoms with E-state index in [0.717, 1.165) is 22.9 Å². The average molecular weight is 482 g/mol. The van der Waals surface area contributed by atoms with E-state index in [1.54, 1.807) is 18.3 Å². The molecule has 0 aliphatic rings. The molecule has 4 aromatic rings. The second kappa shape index (κ2) is 9.87. The number of halogens is 3. The molecule has 182 valence electrons. The second-order valence-electron chi connectivity index (χ2n) is 8.58. The highest BCUT2D eigenvalue weighted by Crippen LogP contribution is 2.31. The van der Waals surface area contributed by atoms with Crippen molar-refractivity contribution in [2.24, 2.45) is 7.05 Å². The maximum Gasteiger partial charge on any atom is 0.434 e. The van der Waals surface area contributed by atoms with Crippen LogP contribution in [0.25, 0.3) is 22.8 Å². The van der Waals surface area contributed by atoms with Crippen LogP contribution in [0.2, 0.25) is 0 Å². The van der Waals surface area contributed by atoms with Gasteiger partial charge < -0.3 is 15.0 Å². The van der Waals surface area contributed by atoms with Crippen LogP contribution >= 0.6 is 0 Å². The minimum atomic E-state index is -4.49. The number of nitrogens with one attached hydrogen (secondary N) is 1. The number of rotatable bonds is 7. The van der Waals surface area contributed by atoms with Crippen LogP contribution in [0.3, 0.4) is 0 Å². The summed E-state index contributed by atoms with van der Waals surface area (Å²) < 4.78 is 40.3. The van der Waals surface area contributed by atoms with E-state index in [2.05, 4.69) is 40.2 Å². The zero-order valence-corrected chi connectivity index (χ0v) is 19.6. The molecule has 9 heteroatoms. The summed E-state index contributed by atoms with van der Waals surface area (Å²) >= 11 is 0. The number of alkyl halides is 3. The SMILES string of the molecule is CC(C)c1ccccc1-c1ncc(CO)c(NCc2ccc(-c3nc(C(F)(F)F)cn3C)cc2)n1. The molecule has 0 radical (unpaired) electrons. The average Bonchev–Trinajstić information content (AvgIpc) is 3.25. The molecule has 6 nitrogen and oxygen atoms in total. The van der Waals surface area contributed by atoms with Gasteiger partial charge in [-0.05, 0) is 17.0 Å². The minimum absolute atomic E-state index is 0.214. The third kappa shape index (κ3) is 5.35. The predicted octanol–water partition coefficient (Wildman–Crippen LogP) is 5.79. The summed E-state index contributed by atoms with van der Waals surface area (Å²) in [6.45, 7) is 4.41. The van der Waals surface area contributed by atoms with E-state index in [4.69, 9.17) is 0 Å². The molecule has 2 heterocycles. The molecule has 0 bridgehead atoms. The van der Waals surface area contributed by atoms with Gasteiger partial charge in [-0.15, -0.1) is 0 Å². The molecule has 4 rings (SSSR count). The summed E-state index contributed by atoms with van der Waals surface area (Å²) in [6, 6.07) is 15.1. The van der Waals surface area contributed by atoms with E-state index >= 15 is 0 Å². The lowest BCUT2D eigenvalue weighted by Crippen LogP contribution is -2.07. The molecule has 0 aliphatic carbocycles. The van der Waals surface area contributed by atoms with Gasteiger partial charge in [-0.1, -0.05) is 62.4 Å². The highest BCUT2D eigenvalue weighted by molar-refractivity contribution is 5.63. The molecule has 0 fully saturated rings. The van der Waals surface area contributed by atoms with Crippen LogP contribution in [0.4, 0.5) is 19.0 Å². The first-order chi connectivity index (χ1) is 16.7. The number of aliphatic hydroxyl groups excluding tert-OH is 1. The summed E-state index contributed by atoms with van der Waals surface area (Å²) in [4.78, 5) is 12.9. The molecule has 0 saturated carbocycles. The molecule has 0 atom stereocenters. The summed E-state index contributed by atoms with van der Waals surface area (Å²) in [5, 5.41) is 13.0. The van der Waals surface area contributed by atoms with E-state index in [1.165, 1.54) is 11.6 Å². The van der Waals surface area contributed by atoms with Gasteiger partial charge >= 0.3 is 6.18 Å². The van der Waals surface area contributed by atoms with Gasteiger partial charge in [0.25, 0.3) is 0 Å². The number of aryl methyl sites for hydroxylation is 1. The Labute approximate surface area is 201 Å². The van der Waals surface area contributed by atoms with Crippen LogP contribution in [0.5, 0.6) is 0 Å². The number of anilines is 1. The van der Waals surface area contributed by atoms with Crippen LogP contribution in [-0.2, 0) is 26.4 Å². The summed E-state index contributed by atoms with van der Waals surface area (Å²) in [7, 11) is 1.54.